The predicted molar refractivity (Wildman–Crippen MR) is 56.5 cm³/mol. The van der Waals surface area contributed by atoms with Gasteiger partial charge in [-0.2, -0.15) is 0 Å². The summed E-state index contributed by atoms with van der Waals surface area (Å²) < 4.78 is 15.2. The Kier molecular flexibility index (Phi) is 2.87. The van der Waals surface area contributed by atoms with E-state index < -0.39 is 18.1 Å². The molecule has 2 unspecified atom stereocenters. The van der Waals surface area contributed by atoms with E-state index in [9.17, 15) is 4.79 Å². The van der Waals surface area contributed by atoms with Crippen molar-refractivity contribution in [1.29, 1.82) is 0 Å². The predicted octanol–water partition coefficient (Wildman–Crippen LogP) is 1.96. The number of rotatable bonds is 2. The Bertz CT molecular complexity index is 440. The molecular weight excluding hydrogens is 234 g/mol. The number of methoxy groups -OCH3 is 1. The Hall–Kier alpha value is -1.49. The van der Waals surface area contributed by atoms with Gasteiger partial charge in [-0.25, -0.2) is 9.79 Å². The summed E-state index contributed by atoms with van der Waals surface area (Å²) in [7, 11) is 1.30. The molecule has 0 aliphatic carbocycles. The van der Waals surface area contributed by atoms with Crippen molar-refractivity contribution in [1.82, 2.24) is 0 Å². The Balaban J connectivity index is 2.25. The van der Waals surface area contributed by atoms with Gasteiger partial charge in [-0.1, -0.05) is 0 Å². The van der Waals surface area contributed by atoms with Crippen molar-refractivity contribution in [2.24, 2.45) is 4.99 Å². The second-order valence-electron chi connectivity index (χ2n) is 3.30. The summed E-state index contributed by atoms with van der Waals surface area (Å²) in [5, 5.41) is 0.242. The second kappa shape index (κ2) is 4.17. The standard InChI is InChI=1S/C10H10ClNO4/c1-5-12-8(10(13)14-2)9(15-5)6-3-4-7(11)16-6/h3-4,8-9H,1-2H3. The summed E-state index contributed by atoms with van der Waals surface area (Å²) in [5.41, 5.74) is 0. The number of hydrogen-bond acceptors (Lipinski definition) is 5. The highest BCUT2D eigenvalue weighted by Crippen LogP contribution is 2.32. The fourth-order valence-corrected chi connectivity index (χ4v) is 1.69. The lowest BCUT2D eigenvalue weighted by atomic mass is 10.1. The van der Waals surface area contributed by atoms with Crippen LogP contribution in [-0.2, 0) is 14.3 Å². The summed E-state index contributed by atoms with van der Waals surface area (Å²) >= 11 is 5.66. The molecule has 1 aliphatic rings. The van der Waals surface area contributed by atoms with Crippen molar-refractivity contribution < 1.29 is 18.7 Å². The molecule has 0 aromatic carbocycles. The third-order valence-electron chi connectivity index (χ3n) is 2.22. The molecule has 16 heavy (non-hydrogen) atoms. The van der Waals surface area contributed by atoms with Crippen LogP contribution in [0.25, 0.3) is 0 Å². The molecule has 0 saturated carbocycles. The van der Waals surface area contributed by atoms with Gasteiger partial charge in [0.05, 0.1) is 7.11 Å². The quantitative estimate of drug-likeness (QED) is 0.745. The van der Waals surface area contributed by atoms with Gasteiger partial charge in [-0.15, -0.1) is 0 Å². The van der Waals surface area contributed by atoms with Crippen molar-refractivity contribution in [3.63, 3.8) is 0 Å². The molecule has 0 N–H and O–H groups in total. The molecule has 5 nitrogen and oxygen atoms in total. The SMILES string of the molecule is COC(=O)C1N=C(C)OC1c1ccc(Cl)o1. The van der Waals surface area contributed by atoms with Crippen LogP contribution in [0.3, 0.4) is 0 Å². The summed E-state index contributed by atoms with van der Waals surface area (Å²) in [4.78, 5) is 15.5. The normalized spacial score (nSPS) is 23.8. The highest BCUT2D eigenvalue weighted by Gasteiger charge is 2.39. The molecule has 1 aromatic rings. The third kappa shape index (κ3) is 1.90. The van der Waals surface area contributed by atoms with Gasteiger partial charge < -0.3 is 13.9 Å². The molecule has 86 valence electrons. The first-order valence-corrected chi connectivity index (χ1v) is 5.03. The minimum atomic E-state index is -0.729. The number of nitrogens with zero attached hydrogens (tertiary/aromatic N) is 1. The number of aliphatic imine (C=N–C) groups is 1. The van der Waals surface area contributed by atoms with Gasteiger partial charge in [0.25, 0.3) is 0 Å². The highest BCUT2D eigenvalue weighted by molar-refractivity contribution is 6.28. The Morgan fingerprint density at radius 2 is 2.31 bits per heavy atom. The maximum absolute atomic E-state index is 11.5. The van der Waals surface area contributed by atoms with Crippen LogP contribution in [0.4, 0.5) is 0 Å². The van der Waals surface area contributed by atoms with Crippen LogP contribution in [0.1, 0.15) is 18.8 Å². The van der Waals surface area contributed by atoms with E-state index in [-0.39, 0.29) is 5.22 Å². The van der Waals surface area contributed by atoms with E-state index in [0.29, 0.717) is 11.7 Å². The van der Waals surface area contributed by atoms with Crippen molar-refractivity contribution in [2.45, 2.75) is 19.1 Å². The van der Waals surface area contributed by atoms with Crippen LogP contribution in [0, 0.1) is 0 Å². The molecule has 0 spiro atoms. The van der Waals surface area contributed by atoms with E-state index in [1.54, 1.807) is 19.1 Å². The van der Waals surface area contributed by atoms with E-state index in [1.165, 1.54) is 7.11 Å². The Morgan fingerprint density at radius 3 is 2.88 bits per heavy atom. The number of hydrogen-bond donors (Lipinski definition) is 0. The average molecular weight is 244 g/mol. The zero-order valence-electron chi connectivity index (χ0n) is 8.77. The van der Waals surface area contributed by atoms with Gasteiger partial charge >= 0.3 is 5.97 Å². The minimum absolute atomic E-state index is 0.242. The molecule has 2 rings (SSSR count). The van der Waals surface area contributed by atoms with Crippen molar-refractivity contribution in [2.75, 3.05) is 7.11 Å². The van der Waals surface area contributed by atoms with Crippen LogP contribution < -0.4 is 0 Å². The second-order valence-corrected chi connectivity index (χ2v) is 3.67. The summed E-state index contributed by atoms with van der Waals surface area (Å²) in [6, 6.07) is 2.51. The maximum Gasteiger partial charge on any atom is 0.335 e. The lowest BCUT2D eigenvalue weighted by molar-refractivity contribution is -0.144. The summed E-state index contributed by atoms with van der Waals surface area (Å²) in [6.45, 7) is 1.67. The molecule has 6 heteroatoms. The van der Waals surface area contributed by atoms with E-state index in [1.807, 2.05) is 0 Å². The van der Waals surface area contributed by atoms with E-state index in [2.05, 4.69) is 9.73 Å². The van der Waals surface area contributed by atoms with Gasteiger partial charge in [0, 0.05) is 6.92 Å². The molecule has 0 radical (unpaired) electrons. The third-order valence-corrected chi connectivity index (χ3v) is 2.43. The maximum atomic E-state index is 11.5. The van der Waals surface area contributed by atoms with Crippen LogP contribution in [0.15, 0.2) is 21.5 Å². The van der Waals surface area contributed by atoms with Crippen LogP contribution >= 0.6 is 11.6 Å². The number of furan rings is 1. The smallest absolute Gasteiger partial charge is 0.335 e. The molecule has 0 fully saturated rings. The average Bonchev–Trinajstić information content (AvgIpc) is 2.83. The lowest BCUT2D eigenvalue weighted by Gasteiger charge is -2.12. The number of carbonyl (C=O) groups excluding carboxylic acids is 1. The summed E-state index contributed by atoms with van der Waals surface area (Å²) in [6.07, 6.45) is -0.597. The Labute approximate surface area is 97.0 Å². The first-order chi connectivity index (χ1) is 7.61. The number of carbonyl (C=O) groups is 1. The van der Waals surface area contributed by atoms with E-state index in [0.717, 1.165) is 0 Å². The molecule has 0 amide bonds. The van der Waals surface area contributed by atoms with Crippen molar-refractivity contribution >= 4 is 23.5 Å². The van der Waals surface area contributed by atoms with Crippen LogP contribution in [0.2, 0.25) is 5.22 Å². The largest absolute Gasteiger partial charge is 0.467 e. The monoisotopic (exact) mass is 243 g/mol. The molecular formula is C10H10ClNO4. The zero-order valence-corrected chi connectivity index (χ0v) is 9.52. The zero-order chi connectivity index (χ0) is 11.7. The molecule has 0 saturated heterocycles. The molecule has 1 aliphatic heterocycles. The van der Waals surface area contributed by atoms with Gasteiger partial charge in [0.15, 0.2) is 23.3 Å². The lowest BCUT2D eigenvalue weighted by Crippen LogP contribution is -2.24. The molecule has 0 bridgehead atoms. The fourth-order valence-electron chi connectivity index (χ4n) is 1.53. The first kappa shape index (κ1) is 11.0. The topological polar surface area (TPSA) is 61.0 Å². The fraction of sp³-hybridized carbons (Fsp3) is 0.400. The van der Waals surface area contributed by atoms with Crippen molar-refractivity contribution in [3.8, 4) is 0 Å². The molecule has 2 atom stereocenters. The number of halogens is 1. The minimum Gasteiger partial charge on any atom is -0.467 e. The van der Waals surface area contributed by atoms with Gasteiger partial charge in [0.2, 0.25) is 0 Å². The molecule has 2 heterocycles. The van der Waals surface area contributed by atoms with Gasteiger partial charge in [-0.05, 0) is 23.7 Å². The number of ether oxygens (including phenoxy) is 2. The summed E-state index contributed by atoms with van der Waals surface area (Å²) in [5.74, 6) is 0.420. The van der Waals surface area contributed by atoms with Crippen LogP contribution in [-0.4, -0.2) is 25.0 Å². The van der Waals surface area contributed by atoms with Gasteiger partial charge in [-0.3, -0.25) is 0 Å². The van der Waals surface area contributed by atoms with Crippen LogP contribution in [0.5, 0.6) is 0 Å². The van der Waals surface area contributed by atoms with Gasteiger partial charge in [0.1, 0.15) is 5.76 Å². The first-order valence-electron chi connectivity index (χ1n) is 4.66. The highest BCUT2D eigenvalue weighted by atomic mass is 35.5. The Morgan fingerprint density at radius 1 is 1.56 bits per heavy atom. The van der Waals surface area contributed by atoms with E-state index >= 15 is 0 Å². The van der Waals surface area contributed by atoms with E-state index in [4.69, 9.17) is 20.8 Å². The number of esters is 1. The van der Waals surface area contributed by atoms with Crippen molar-refractivity contribution in [3.05, 3.63) is 23.1 Å². The molecule has 1 aromatic heterocycles.